The van der Waals surface area contributed by atoms with Gasteiger partial charge in [0.2, 0.25) is 15.9 Å². The van der Waals surface area contributed by atoms with Crippen LogP contribution in [-0.2, 0) is 26.1 Å². The number of esters is 1. The number of sulfonamides is 1. The van der Waals surface area contributed by atoms with Crippen molar-refractivity contribution in [2.75, 3.05) is 25.0 Å². The van der Waals surface area contributed by atoms with Crippen LogP contribution >= 0.6 is 0 Å². The summed E-state index contributed by atoms with van der Waals surface area (Å²) in [4.78, 5) is 25.7. The Bertz CT molecular complexity index is 1150. The molecule has 1 saturated heterocycles. The van der Waals surface area contributed by atoms with Crippen LogP contribution in [0.25, 0.3) is 0 Å². The number of carbonyl (C=O) groups is 2. The summed E-state index contributed by atoms with van der Waals surface area (Å²) in [5, 5.41) is 2.93. The molecule has 1 aromatic carbocycles. The molecule has 2 aromatic rings. The van der Waals surface area contributed by atoms with E-state index in [2.05, 4.69) is 5.32 Å². The highest BCUT2D eigenvalue weighted by Crippen LogP contribution is 2.33. The number of nitrogens with one attached hydrogen (secondary N) is 1. The molecule has 1 unspecified atom stereocenters. The Balaban J connectivity index is 1.92. The number of rotatable bonds is 7. The van der Waals surface area contributed by atoms with E-state index in [1.54, 1.807) is 20.8 Å². The molecule has 33 heavy (non-hydrogen) atoms. The molecule has 0 aliphatic carbocycles. The third-order valence-corrected chi connectivity index (χ3v) is 8.31. The Kier molecular flexibility index (Phi) is 7.64. The number of piperidine rings is 1. The topological polar surface area (TPSA) is 97.7 Å². The van der Waals surface area contributed by atoms with Gasteiger partial charge in [0.05, 0.1) is 12.5 Å². The molecule has 0 spiro atoms. The molecule has 1 aliphatic rings. The Hall–Kier alpha value is -2.65. The minimum absolute atomic E-state index is 0.0136. The number of aryl methyl sites for hydroxylation is 1. The molecule has 9 heteroatoms. The third-order valence-electron chi connectivity index (χ3n) is 6.28. The first-order valence-electron chi connectivity index (χ1n) is 11.4. The lowest BCUT2D eigenvalue weighted by atomic mass is 9.98. The normalized spacial score (nSPS) is 17.1. The van der Waals surface area contributed by atoms with Crippen LogP contribution < -0.4 is 5.32 Å². The van der Waals surface area contributed by atoms with Crippen LogP contribution in [0.2, 0.25) is 0 Å². The van der Waals surface area contributed by atoms with Gasteiger partial charge in [-0.1, -0.05) is 18.2 Å². The maximum absolute atomic E-state index is 13.8. The van der Waals surface area contributed by atoms with Gasteiger partial charge in [-0.3, -0.25) is 4.79 Å². The number of hydrogen-bond donors (Lipinski definition) is 1. The number of benzene rings is 1. The predicted molar refractivity (Wildman–Crippen MR) is 127 cm³/mol. The van der Waals surface area contributed by atoms with Gasteiger partial charge in [0.1, 0.15) is 10.5 Å². The molecule has 1 aromatic heterocycles. The molecule has 8 nitrogen and oxygen atoms in total. The molecule has 1 aliphatic heterocycles. The molecule has 1 atom stereocenters. The summed E-state index contributed by atoms with van der Waals surface area (Å²) >= 11 is 0. The number of hydrogen-bond acceptors (Lipinski definition) is 5. The molecule has 1 amide bonds. The number of anilines is 1. The number of amides is 1. The van der Waals surface area contributed by atoms with Gasteiger partial charge in [0.15, 0.2) is 0 Å². The van der Waals surface area contributed by atoms with Gasteiger partial charge in [-0.05, 0) is 59.1 Å². The summed E-state index contributed by atoms with van der Waals surface area (Å²) in [6.07, 6.45) is 1.16. The number of ether oxygens (including phenoxy) is 1. The number of para-hydroxylation sites is 1. The second-order valence-corrected chi connectivity index (χ2v) is 10.2. The standard InChI is InChI=1S/C24H33N3O5S/c1-6-27-17(4)21(24(29)32-7-2)22(18(27)5)33(30,31)26-14-10-12-19(15-26)23(28)25-20-13-9-8-11-16(20)3/h8-9,11,13,19H,6-7,10,12,14-15H2,1-5H3,(H,25,28). The quantitative estimate of drug-likeness (QED) is 0.617. The number of aromatic nitrogens is 1. The lowest BCUT2D eigenvalue weighted by Crippen LogP contribution is -2.44. The first kappa shape index (κ1) is 25.0. The monoisotopic (exact) mass is 475 g/mol. The zero-order chi connectivity index (χ0) is 24.3. The summed E-state index contributed by atoms with van der Waals surface area (Å²) in [6.45, 7) is 9.99. The highest BCUT2D eigenvalue weighted by Gasteiger charge is 2.39. The van der Waals surface area contributed by atoms with E-state index >= 15 is 0 Å². The van der Waals surface area contributed by atoms with Crippen molar-refractivity contribution >= 4 is 27.6 Å². The van der Waals surface area contributed by atoms with Gasteiger partial charge in [-0.2, -0.15) is 4.31 Å². The fraction of sp³-hybridized carbons (Fsp3) is 0.500. The zero-order valence-corrected chi connectivity index (χ0v) is 20.8. The summed E-state index contributed by atoms with van der Waals surface area (Å²) in [6, 6.07) is 7.48. The van der Waals surface area contributed by atoms with Crippen molar-refractivity contribution in [2.24, 2.45) is 5.92 Å². The lowest BCUT2D eigenvalue weighted by Gasteiger charge is -2.31. The van der Waals surface area contributed by atoms with Gasteiger partial charge in [0, 0.05) is 36.7 Å². The van der Waals surface area contributed by atoms with Crippen molar-refractivity contribution in [1.29, 1.82) is 0 Å². The van der Waals surface area contributed by atoms with E-state index in [0.29, 0.717) is 37.3 Å². The van der Waals surface area contributed by atoms with Crippen molar-refractivity contribution in [2.45, 2.75) is 58.9 Å². The molecule has 0 bridgehead atoms. The van der Waals surface area contributed by atoms with Gasteiger partial charge in [0.25, 0.3) is 0 Å². The van der Waals surface area contributed by atoms with E-state index < -0.39 is 21.9 Å². The number of nitrogens with zero attached hydrogens (tertiary/aromatic N) is 2. The van der Waals surface area contributed by atoms with Crippen LogP contribution in [0.15, 0.2) is 29.2 Å². The van der Waals surface area contributed by atoms with Crippen LogP contribution in [0.5, 0.6) is 0 Å². The molecule has 0 saturated carbocycles. The Morgan fingerprint density at radius 2 is 1.82 bits per heavy atom. The maximum atomic E-state index is 13.8. The molecule has 3 rings (SSSR count). The van der Waals surface area contributed by atoms with E-state index in [4.69, 9.17) is 4.74 Å². The van der Waals surface area contributed by atoms with Crippen molar-refractivity contribution in [1.82, 2.24) is 8.87 Å². The van der Waals surface area contributed by atoms with Gasteiger partial charge >= 0.3 is 5.97 Å². The van der Waals surface area contributed by atoms with Crippen LogP contribution in [0.4, 0.5) is 5.69 Å². The molecule has 180 valence electrons. The van der Waals surface area contributed by atoms with Gasteiger partial charge in [-0.15, -0.1) is 0 Å². The second kappa shape index (κ2) is 10.1. The molecule has 2 heterocycles. The predicted octanol–water partition coefficient (Wildman–Crippen LogP) is 3.65. The number of carbonyl (C=O) groups excluding carboxylic acids is 2. The van der Waals surface area contributed by atoms with Gasteiger partial charge < -0.3 is 14.6 Å². The lowest BCUT2D eigenvalue weighted by molar-refractivity contribution is -0.120. The fourth-order valence-electron chi connectivity index (χ4n) is 4.54. The van der Waals surface area contributed by atoms with Crippen molar-refractivity contribution in [3.63, 3.8) is 0 Å². The van der Waals surface area contributed by atoms with E-state index in [9.17, 15) is 18.0 Å². The minimum atomic E-state index is -4.01. The van der Waals surface area contributed by atoms with Crippen molar-refractivity contribution in [3.05, 3.63) is 46.8 Å². The first-order chi connectivity index (χ1) is 15.6. The molecule has 1 N–H and O–H groups in total. The van der Waals surface area contributed by atoms with Crippen LogP contribution in [-0.4, -0.2) is 48.9 Å². The average Bonchev–Trinajstić information content (AvgIpc) is 3.05. The fourth-order valence-corrected chi connectivity index (χ4v) is 6.52. The highest BCUT2D eigenvalue weighted by molar-refractivity contribution is 7.89. The Morgan fingerprint density at radius 1 is 1.12 bits per heavy atom. The van der Waals surface area contributed by atoms with Crippen LogP contribution in [0.1, 0.15) is 54.0 Å². The zero-order valence-electron chi connectivity index (χ0n) is 20.0. The van der Waals surface area contributed by atoms with E-state index in [1.165, 1.54) is 4.31 Å². The maximum Gasteiger partial charge on any atom is 0.341 e. The summed E-state index contributed by atoms with van der Waals surface area (Å²) in [7, 11) is -4.01. The minimum Gasteiger partial charge on any atom is -0.462 e. The SMILES string of the molecule is CCOC(=O)c1c(S(=O)(=O)N2CCCC(C(=O)Nc3ccccc3C)C2)c(C)n(CC)c1C. The van der Waals surface area contributed by atoms with E-state index in [0.717, 1.165) is 11.3 Å². The Labute approximate surface area is 196 Å². The Morgan fingerprint density at radius 3 is 2.45 bits per heavy atom. The second-order valence-electron chi connectivity index (χ2n) is 8.35. The van der Waals surface area contributed by atoms with Gasteiger partial charge in [-0.25, -0.2) is 13.2 Å². The van der Waals surface area contributed by atoms with Crippen molar-refractivity contribution in [3.8, 4) is 0 Å². The molecular formula is C24H33N3O5S. The van der Waals surface area contributed by atoms with Crippen LogP contribution in [0, 0.1) is 26.7 Å². The summed E-state index contributed by atoms with van der Waals surface area (Å²) < 4.78 is 35.9. The van der Waals surface area contributed by atoms with E-state index in [1.807, 2.05) is 42.7 Å². The third kappa shape index (κ3) is 4.84. The summed E-state index contributed by atoms with van der Waals surface area (Å²) in [5.41, 5.74) is 2.82. The van der Waals surface area contributed by atoms with E-state index in [-0.39, 0.29) is 29.5 Å². The average molecular weight is 476 g/mol. The smallest absolute Gasteiger partial charge is 0.341 e. The highest BCUT2D eigenvalue weighted by atomic mass is 32.2. The molecule has 1 fully saturated rings. The van der Waals surface area contributed by atoms with Crippen molar-refractivity contribution < 1.29 is 22.7 Å². The van der Waals surface area contributed by atoms with Crippen LogP contribution in [0.3, 0.4) is 0 Å². The molecule has 0 radical (unpaired) electrons. The summed E-state index contributed by atoms with van der Waals surface area (Å²) in [5.74, 6) is -1.32. The molecular weight excluding hydrogens is 442 g/mol. The first-order valence-corrected chi connectivity index (χ1v) is 12.8. The largest absolute Gasteiger partial charge is 0.462 e.